The van der Waals surface area contributed by atoms with Crippen LogP contribution >= 0.6 is 0 Å². The Labute approximate surface area is 198 Å². The predicted molar refractivity (Wildman–Crippen MR) is 123 cm³/mol. The smallest absolute Gasteiger partial charge is 0.186 e. The number of hydrogen-bond donors (Lipinski definition) is 3. The minimum absolute atomic E-state index is 0.0105. The van der Waals surface area contributed by atoms with Crippen molar-refractivity contribution in [3.8, 4) is 0 Å². The Kier molecular flexibility index (Phi) is 6.26. The summed E-state index contributed by atoms with van der Waals surface area (Å²) < 4.78 is 11.9. The average Bonchev–Trinajstić information content (AvgIpc) is 3.13. The SMILES string of the molecule is CC(=O)[C@H]1CC[C@H]2[C@@H]3CC[C@H]4CC(O[C@@H]5O[C@H](C)[C@H](O)[C@H](O)[C@H]5O)CC[C@]4(C)[C@H]3CC[C@]12C. The lowest BCUT2D eigenvalue weighted by molar-refractivity contribution is -0.309. The molecule has 13 atom stereocenters. The van der Waals surface area contributed by atoms with Gasteiger partial charge in [-0.1, -0.05) is 13.8 Å². The van der Waals surface area contributed by atoms with Crippen LogP contribution in [-0.4, -0.2) is 57.9 Å². The summed E-state index contributed by atoms with van der Waals surface area (Å²) in [7, 11) is 0. The topological polar surface area (TPSA) is 96.2 Å². The number of rotatable bonds is 3. The van der Waals surface area contributed by atoms with Crippen LogP contribution in [0, 0.1) is 40.4 Å². The number of aliphatic hydroxyl groups excluding tert-OH is 3. The van der Waals surface area contributed by atoms with Crippen LogP contribution in [0.25, 0.3) is 0 Å². The molecule has 6 heteroatoms. The van der Waals surface area contributed by atoms with Gasteiger partial charge >= 0.3 is 0 Å². The number of ketones is 1. The molecular formula is C27H44O6. The van der Waals surface area contributed by atoms with E-state index in [9.17, 15) is 20.1 Å². The van der Waals surface area contributed by atoms with Gasteiger partial charge in [-0.3, -0.25) is 4.79 Å². The van der Waals surface area contributed by atoms with E-state index in [1.54, 1.807) is 13.8 Å². The largest absolute Gasteiger partial charge is 0.388 e. The monoisotopic (exact) mass is 464 g/mol. The van der Waals surface area contributed by atoms with Crippen LogP contribution in [-0.2, 0) is 14.3 Å². The maximum Gasteiger partial charge on any atom is 0.186 e. The summed E-state index contributed by atoms with van der Waals surface area (Å²) in [4.78, 5) is 12.4. The van der Waals surface area contributed by atoms with Crippen molar-refractivity contribution in [2.24, 2.45) is 40.4 Å². The van der Waals surface area contributed by atoms with Crippen molar-refractivity contribution >= 4 is 5.78 Å². The third-order valence-electron chi connectivity index (χ3n) is 11.2. The molecule has 1 unspecified atom stereocenters. The van der Waals surface area contributed by atoms with Crippen LogP contribution in [0.5, 0.6) is 0 Å². The molecular weight excluding hydrogens is 420 g/mol. The summed E-state index contributed by atoms with van der Waals surface area (Å²) in [5.41, 5.74) is 0.514. The molecule has 4 aliphatic carbocycles. The Morgan fingerprint density at radius 1 is 0.879 bits per heavy atom. The van der Waals surface area contributed by atoms with Gasteiger partial charge in [-0.05, 0) is 106 Å². The highest BCUT2D eigenvalue weighted by molar-refractivity contribution is 5.79. The molecule has 3 N–H and O–H groups in total. The molecule has 0 aromatic heterocycles. The van der Waals surface area contributed by atoms with Gasteiger partial charge in [0.1, 0.15) is 24.1 Å². The normalized spacial score (nSPS) is 56.5. The molecule has 0 spiro atoms. The predicted octanol–water partition coefficient (Wildman–Crippen LogP) is 3.45. The number of carbonyl (C=O) groups excluding carboxylic acids is 1. The number of hydrogen-bond acceptors (Lipinski definition) is 6. The summed E-state index contributed by atoms with van der Waals surface area (Å²) in [5, 5.41) is 30.5. The molecule has 5 fully saturated rings. The van der Waals surface area contributed by atoms with Crippen molar-refractivity contribution in [2.75, 3.05) is 0 Å². The minimum atomic E-state index is -1.25. The Bertz CT molecular complexity index is 757. The molecule has 0 aromatic carbocycles. The number of Topliss-reactive ketones (excluding diaryl/α,β-unsaturated/α-hetero) is 1. The van der Waals surface area contributed by atoms with E-state index >= 15 is 0 Å². The van der Waals surface area contributed by atoms with E-state index in [1.807, 2.05) is 0 Å². The van der Waals surface area contributed by atoms with E-state index in [4.69, 9.17) is 9.47 Å². The van der Waals surface area contributed by atoms with Crippen LogP contribution in [0.1, 0.15) is 85.5 Å². The minimum Gasteiger partial charge on any atom is -0.388 e. The fourth-order valence-electron chi connectivity index (χ4n) is 9.33. The van der Waals surface area contributed by atoms with Crippen LogP contribution in [0.4, 0.5) is 0 Å². The van der Waals surface area contributed by atoms with Gasteiger partial charge in [-0.2, -0.15) is 0 Å². The summed E-state index contributed by atoms with van der Waals surface area (Å²) in [6.07, 6.45) is 5.20. The van der Waals surface area contributed by atoms with Crippen molar-refractivity contribution in [1.29, 1.82) is 0 Å². The molecule has 1 heterocycles. The van der Waals surface area contributed by atoms with Crippen LogP contribution < -0.4 is 0 Å². The van der Waals surface area contributed by atoms with Gasteiger partial charge in [0.2, 0.25) is 0 Å². The van der Waals surface area contributed by atoms with Gasteiger partial charge in [0.05, 0.1) is 12.2 Å². The third kappa shape index (κ3) is 3.74. The van der Waals surface area contributed by atoms with Gasteiger partial charge in [-0.15, -0.1) is 0 Å². The van der Waals surface area contributed by atoms with E-state index in [0.717, 1.165) is 37.5 Å². The summed E-state index contributed by atoms with van der Waals surface area (Å²) in [6.45, 7) is 8.43. The van der Waals surface area contributed by atoms with Gasteiger partial charge in [0.25, 0.3) is 0 Å². The van der Waals surface area contributed by atoms with Crippen LogP contribution in [0.15, 0.2) is 0 Å². The molecule has 6 nitrogen and oxygen atoms in total. The lowest BCUT2D eigenvalue weighted by atomic mass is 9.44. The number of aliphatic hydroxyl groups is 3. The molecule has 5 aliphatic rings. The first-order chi connectivity index (χ1) is 15.6. The average molecular weight is 465 g/mol. The fraction of sp³-hybridized carbons (Fsp3) is 0.963. The standard InChI is InChI=1S/C27H44O6/c1-14(28)19-7-8-20-18-6-5-16-13-17(33-25-24(31)23(30)22(29)15(2)32-25)9-11-26(16,3)21(18)10-12-27(19,20)4/h15-25,29-31H,5-13H2,1-4H3/t15-,16+,17?,18+,19-,20+,21+,22+,23+,24-,25+,26+,27-/m1/s1. The second kappa shape index (κ2) is 8.55. The molecule has 0 aromatic rings. The molecule has 0 amide bonds. The van der Waals surface area contributed by atoms with E-state index in [2.05, 4.69) is 13.8 Å². The second-order valence-electron chi connectivity index (χ2n) is 12.7. The van der Waals surface area contributed by atoms with Crippen LogP contribution in [0.2, 0.25) is 0 Å². The number of carbonyl (C=O) groups is 1. The highest BCUT2D eigenvalue weighted by Gasteiger charge is 2.61. The summed E-state index contributed by atoms with van der Waals surface area (Å²) in [6, 6.07) is 0. The maximum absolute atomic E-state index is 12.4. The Balaban J connectivity index is 1.26. The Morgan fingerprint density at radius 3 is 2.30 bits per heavy atom. The van der Waals surface area contributed by atoms with Gasteiger partial charge in [0.15, 0.2) is 6.29 Å². The van der Waals surface area contributed by atoms with E-state index < -0.39 is 30.7 Å². The third-order valence-corrected chi connectivity index (χ3v) is 11.2. The first kappa shape index (κ1) is 24.2. The molecule has 1 saturated heterocycles. The fourth-order valence-corrected chi connectivity index (χ4v) is 9.33. The molecule has 4 saturated carbocycles. The molecule has 1 aliphatic heterocycles. The lowest BCUT2D eigenvalue weighted by Gasteiger charge is -2.61. The maximum atomic E-state index is 12.4. The summed E-state index contributed by atoms with van der Waals surface area (Å²) >= 11 is 0. The van der Waals surface area contributed by atoms with Crippen molar-refractivity contribution in [3.63, 3.8) is 0 Å². The first-order valence-corrected chi connectivity index (χ1v) is 13.4. The van der Waals surface area contributed by atoms with E-state index in [1.165, 1.54) is 32.1 Å². The van der Waals surface area contributed by atoms with E-state index in [-0.39, 0.29) is 17.4 Å². The number of fused-ring (bicyclic) bond motifs is 5. The molecule has 0 bridgehead atoms. The van der Waals surface area contributed by atoms with Crippen LogP contribution in [0.3, 0.4) is 0 Å². The van der Waals surface area contributed by atoms with Gasteiger partial charge in [0, 0.05) is 5.92 Å². The van der Waals surface area contributed by atoms with Crippen molar-refractivity contribution in [1.82, 2.24) is 0 Å². The van der Waals surface area contributed by atoms with Gasteiger partial charge in [-0.25, -0.2) is 0 Å². The zero-order valence-corrected chi connectivity index (χ0v) is 20.8. The molecule has 0 radical (unpaired) electrons. The second-order valence-corrected chi connectivity index (χ2v) is 12.7. The summed E-state index contributed by atoms with van der Waals surface area (Å²) in [5.74, 6) is 3.42. The lowest BCUT2D eigenvalue weighted by Crippen LogP contribution is -2.58. The number of ether oxygens (including phenoxy) is 2. The first-order valence-electron chi connectivity index (χ1n) is 13.4. The highest BCUT2D eigenvalue weighted by atomic mass is 16.7. The molecule has 188 valence electrons. The highest BCUT2D eigenvalue weighted by Crippen LogP contribution is 2.67. The van der Waals surface area contributed by atoms with Crippen molar-refractivity contribution in [3.05, 3.63) is 0 Å². The van der Waals surface area contributed by atoms with Crippen molar-refractivity contribution < 1.29 is 29.6 Å². The quantitative estimate of drug-likeness (QED) is 0.554. The van der Waals surface area contributed by atoms with E-state index in [0.29, 0.717) is 23.0 Å². The zero-order valence-electron chi connectivity index (χ0n) is 20.8. The zero-order chi connectivity index (χ0) is 23.7. The molecule has 5 rings (SSSR count). The van der Waals surface area contributed by atoms with Crippen molar-refractivity contribution in [2.45, 2.75) is 122 Å². The Morgan fingerprint density at radius 2 is 1.58 bits per heavy atom. The Hall–Kier alpha value is -0.530. The van der Waals surface area contributed by atoms with Gasteiger partial charge < -0.3 is 24.8 Å². The molecule has 33 heavy (non-hydrogen) atoms.